The number of hydrogen-bond donors (Lipinski definition) is 2. The van der Waals surface area contributed by atoms with Crippen LogP contribution in [-0.2, 0) is 14.3 Å². The summed E-state index contributed by atoms with van der Waals surface area (Å²) in [5.74, 6) is -0.274. The Hall–Kier alpha value is -1.73. The van der Waals surface area contributed by atoms with Crippen molar-refractivity contribution in [3.05, 3.63) is 24.3 Å². The van der Waals surface area contributed by atoms with Gasteiger partial charge in [0.15, 0.2) is 0 Å². The summed E-state index contributed by atoms with van der Waals surface area (Å²) in [5, 5.41) is 12.0. The second kappa shape index (κ2) is 8.39. The summed E-state index contributed by atoms with van der Waals surface area (Å²) in [6.45, 7) is 2.77. The van der Waals surface area contributed by atoms with Gasteiger partial charge in [-0.2, -0.15) is 0 Å². The summed E-state index contributed by atoms with van der Waals surface area (Å²) in [6, 6.07) is 7.47. The van der Waals surface area contributed by atoms with Gasteiger partial charge in [0.25, 0.3) is 0 Å². The third kappa shape index (κ3) is 4.64. The molecule has 2 N–H and O–H groups in total. The first-order valence-corrected chi connectivity index (χ1v) is 8.74. The summed E-state index contributed by atoms with van der Waals surface area (Å²) in [7, 11) is 1.60. The van der Waals surface area contributed by atoms with Crippen molar-refractivity contribution in [2.24, 2.45) is 5.41 Å². The Bertz CT molecular complexity index is 569. The highest BCUT2D eigenvalue weighted by molar-refractivity contribution is 8.00. The molecule has 1 saturated heterocycles. The van der Waals surface area contributed by atoms with E-state index in [1.165, 1.54) is 11.8 Å². The summed E-state index contributed by atoms with van der Waals surface area (Å²) < 4.78 is 10.3. The van der Waals surface area contributed by atoms with E-state index < -0.39 is 11.4 Å². The lowest BCUT2D eigenvalue weighted by Crippen LogP contribution is -2.47. The Kier molecular flexibility index (Phi) is 6.51. The highest BCUT2D eigenvalue weighted by Gasteiger charge is 2.40. The Morgan fingerprint density at radius 2 is 1.96 bits per heavy atom. The molecule has 1 atom stereocenters. The molecule has 0 radical (unpaired) electrons. The normalized spacial score (nSPS) is 17.8. The molecule has 2 rings (SSSR count). The number of carboxylic acids is 1. The lowest BCUT2D eigenvalue weighted by molar-refractivity contribution is -0.154. The second-order valence-corrected chi connectivity index (χ2v) is 7.27. The Morgan fingerprint density at radius 1 is 1.33 bits per heavy atom. The van der Waals surface area contributed by atoms with Crippen molar-refractivity contribution in [3.63, 3.8) is 0 Å². The van der Waals surface area contributed by atoms with Crippen LogP contribution >= 0.6 is 11.8 Å². The van der Waals surface area contributed by atoms with Gasteiger partial charge in [-0.25, -0.2) is 0 Å². The van der Waals surface area contributed by atoms with Crippen molar-refractivity contribution in [1.29, 1.82) is 0 Å². The van der Waals surface area contributed by atoms with Crippen LogP contribution < -0.4 is 10.1 Å². The molecule has 24 heavy (non-hydrogen) atoms. The van der Waals surface area contributed by atoms with Crippen LogP contribution in [0.4, 0.5) is 0 Å². The predicted molar refractivity (Wildman–Crippen MR) is 91.4 cm³/mol. The molecule has 132 valence electrons. The van der Waals surface area contributed by atoms with E-state index in [1.54, 1.807) is 7.11 Å². The Balaban J connectivity index is 1.89. The molecule has 0 spiro atoms. The summed E-state index contributed by atoms with van der Waals surface area (Å²) in [6.07, 6.45) is 0.839. The Morgan fingerprint density at radius 3 is 2.50 bits per heavy atom. The smallest absolute Gasteiger partial charge is 0.311 e. The van der Waals surface area contributed by atoms with Crippen LogP contribution in [0.15, 0.2) is 29.2 Å². The van der Waals surface area contributed by atoms with Gasteiger partial charge in [0.1, 0.15) is 5.75 Å². The minimum atomic E-state index is -0.918. The van der Waals surface area contributed by atoms with Gasteiger partial charge in [0.05, 0.1) is 17.8 Å². The average Bonchev–Trinajstić information content (AvgIpc) is 2.61. The van der Waals surface area contributed by atoms with Gasteiger partial charge in [-0.15, -0.1) is 11.8 Å². The minimum absolute atomic E-state index is 0.137. The van der Waals surface area contributed by atoms with Crippen LogP contribution in [0.25, 0.3) is 0 Å². The molecular weight excluding hydrogens is 330 g/mol. The van der Waals surface area contributed by atoms with E-state index in [-0.39, 0.29) is 17.7 Å². The third-order valence-electron chi connectivity index (χ3n) is 4.25. The zero-order chi connectivity index (χ0) is 17.6. The number of ether oxygens (including phenoxy) is 2. The molecular formula is C17H23NO5S. The van der Waals surface area contributed by atoms with E-state index in [2.05, 4.69) is 5.32 Å². The molecule has 1 aliphatic heterocycles. The van der Waals surface area contributed by atoms with Gasteiger partial charge in [-0.05, 0) is 44.0 Å². The zero-order valence-electron chi connectivity index (χ0n) is 13.9. The molecule has 0 saturated carbocycles. The fourth-order valence-electron chi connectivity index (χ4n) is 2.54. The molecule has 1 aromatic rings. The molecule has 1 unspecified atom stereocenters. The molecule has 1 amide bonds. The number of hydrogen-bond acceptors (Lipinski definition) is 5. The van der Waals surface area contributed by atoms with Crippen LogP contribution in [0.2, 0.25) is 0 Å². The first-order chi connectivity index (χ1) is 11.5. The van der Waals surface area contributed by atoms with Crippen molar-refractivity contribution in [2.45, 2.75) is 29.9 Å². The van der Waals surface area contributed by atoms with Gasteiger partial charge in [0.2, 0.25) is 5.91 Å². The molecule has 1 aliphatic rings. The van der Waals surface area contributed by atoms with Crippen LogP contribution in [-0.4, -0.2) is 49.1 Å². The SMILES string of the molecule is COc1ccc(SC(C)C(=O)NCC2(C(=O)O)CCOCC2)cc1. The van der Waals surface area contributed by atoms with Crippen LogP contribution in [0.3, 0.4) is 0 Å². The van der Waals surface area contributed by atoms with E-state index in [0.29, 0.717) is 26.1 Å². The monoisotopic (exact) mass is 353 g/mol. The largest absolute Gasteiger partial charge is 0.497 e. The summed E-state index contributed by atoms with van der Waals surface area (Å²) >= 11 is 1.43. The molecule has 6 nitrogen and oxygen atoms in total. The number of nitrogens with one attached hydrogen (secondary N) is 1. The van der Waals surface area contributed by atoms with Crippen molar-refractivity contribution in [2.75, 3.05) is 26.9 Å². The average molecular weight is 353 g/mol. The number of carbonyl (C=O) groups excluding carboxylic acids is 1. The number of thioether (sulfide) groups is 1. The van der Waals surface area contributed by atoms with E-state index in [4.69, 9.17) is 9.47 Å². The number of carbonyl (C=O) groups is 2. The Labute approximate surface area is 145 Å². The van der Waals surface area contributed by atoms with E-state index >= 15 is 0 Å². The molecule has 0 bridgehead atoms. The van der Waals surface area contributed by atoms with Gasteiger partial charge >= 0.3 is 5.97 Å². The van der Waals surface area contributed by atoms with E-state index in [9.17, 15) is 14.7 Å². The standard InChI is InChI=1S/C17H23NO5S/c1-12(24-14-5-3-13(22-2)4-6-14)15(19)18-11-17(16(20)21)7-9-23-10-8-17/h3-6,12H,7-11H2,1-2H3,(H,18,19)(H,20,21). The minimum Gasteiger partial charge on any atom is -0.497 e. The third-order valence-corrected chi connectivity index (χ3v) is 5.36. The number of aliphatic carboxylic acids is 1. The maximum absolute atomic E-state index is 12.3. The first kappa shape index (κ1) is 18.6. The van der Waals surface area contributed by atoms with Gasteiger partial charge in [0, 0.05) is 24.7 Å². The predicted octanol–water partition coefficient (Wildman–Crippen LogP) is 2.17. The maximum Gasteiger partial charge on any atom is 0.311 e. The highest BCUT2D eigenvalue weighted by Crippen LogP contribution is 2.30. The summed E-state index contributed by atoms with van der Waals surface area (Å²) in [4.78, 5) is 24.8. The van der Waals surface area contributed by atoms with Crippen molar-refractivity contribution < 1.29 is 24.2 Å². The topological polar surface area (TPSA) is 84.9 Å². The fourth-order valence-corrected chi connectivity index (χ4v) is 3.43. The van der Waals surface area contributed by atoms with Crippen LogP contribution in [0, 0.1) is 5.41 Å². The zero-order valence-corrected chi connectivity index (χ0v) is 14.7. The molecule has 1 heterocycles. The van der Waals surface area contributed by atoms with Crippen molar-refractivity contribution in [3.8, 4) is 5.75 Å². The number of rotatable bonds is 7. The fraction of sp³-hybridized carbons (Fsp3) is 0.529. The molecule has 0 aromatic heterocycles. The highest BCUT2D eigenvalue weighted by atomic mass is 32.2. The van der Waals surface area contributed by atoms with Crippen molar-refractivity contribution in [1.82, 2.24) is 5.32 Å². The number of amides is 1. The van der Waals surface area contributed by atoms with Gasteiger partial charge < -0.3 is 19.9 Å². The molecule has 1 aromatic carbocycles. The molecule has 7 heteroatoms. The molecule has 1 fully saturated rings. The lowest BCUT2D eigenvalue weighted by Gasteiger charge is -2.33. The van der Waals surface area contributed by atoms with E-state index in [1.807, 2.05) is 31.2 Å². The quantitative estimate of drug-likeness (QED) is 0.731. The molecule has 0 aliphatic carbocycles. The number of carboxylic acid groups (broad SMARTS) is 1. The van der Waals surface area contributed by atoms with Crippen LogP contribution in [0.1, 0.15) is 19.8 Å². The lowest BCUT2D eigenvalue weighted by atomic mass is 9.80. The van der Waals surface area contributed by atoms with Crippen molar-refractivity contribution >= 4 is 23.6 Å². The van der Waals surface area contributed by atoms with Crippen LogP contribution in [0.5, 0.6) is 5.75 Å². The van der Waals surface area contributed by atoms with Gasteiger partial charge in [-0.3, -0.25) is 9.59 Å². The first-order valence-electron chi connectivity index (χ1n) is 7.86. The van der Waals surface area contributed by atoms with Gasteiger partial charge in [-0.1, -0.05) is 0 Å². The number of methoxy groups -OCH3 is 1. The second-order valence-electron chi connectivity index (χ2n) is 5.85. The maximum atomic E-state index is 12.3. The summed E-state index contributed by atoms with van der Waals surface area (Å²) in [5.41, 5.74) is -0.918. The van der Waals surface area contributed by atoms with E-state index in [0.717, 1.165) is 10.6 Å². The number of benzene rings is 1.